The summed E-state index contributed by atoms with van der Waals surface area (Å²) in [6.45, 7) is 20.7. The van der Waals surface area contributed by atoms with Gasteiger partial charge in [0.1, 0.15) is 17.2 Å². The summed E-state index contributed by atoms with van der Waals surface area (Å²) in [5, 5.41) is 0. The van der Waals surface area contributed by atoms with Gasteiger partial charge in [0.05, 0.1) is 30.1 Å². The highest BCUT2D eigenvalue weighted by molar-refractivity contribution is 6.10. The van der Waals surface area contributed by atoms with E-state index in [-0.39, 0.29) is 17.5 Å². The molecule has 0 aromatic heterocycles. The van der Waals surface area contributed by atoms with Gasteiger partial charge in [0.15, 0.2) is 5.76 Å². The molecule has 0 heterocycles. The second-order valence-corrected chi connectivity index (χ2v) is 11.9. The first-order valence-corrected chi connectivity index (χ1v) is 14.1. The van der Waals surface area contributed by atoms with Gasteiger partial charge in [-0.3, -0.25) is 14.4 Å². The molecule has 0 N–H and O–H groups in total. The van der Waals surface area contributed by atoms with Gasteiger partial charge < -0.3 is 18.9 Å². The number of esters is 2. The van der Waals surface area contributed by atoms with Crippen LogP contribution in [0.3, 0.4) is 0 Å². The highest BCUT2D eigenvalue weighted by Gasteiger charge is 2.29. The van der Waals surface area contributed by atoms with Crippen molar-refractivity contribution in [3.05, 3.63) is 83.7 Å². The Morgan fingerprint density at radius 3 is 1.81 bits per heavy atom. The van der Waals surface area contributed by atoms with E-state index in [9.17, 15) is 14.4 Å². The fraction of sp³-hybridized carbons (Fsp3) is 0.400. The van der Waals surface area contributed by atoms with Crippen molar-refractivity contribution in [2.24, 2.45) is 10.8 Å². The van der Waals surface area contributed by atoms with Crippen LogP contribution in [0.2, 0.25) is 0 Å². The lowest BCUT2D eigenvalue weighted by Crippen LogP contribution is -2.26. The van der Waals surface area contributed by atoms with Crippen LogP contribution in [0.15, 0.2) is 61.4 Å². The molecule has 0 fully saturated rings. The summed E-state index contributed by atoms with van der Waals surface area (Å²) in [5.74, 6) is -0.151. The summed E-state index contributed by atoms with van der Waals surface area (Å²) < 4.78 is 23.2. The number of carbonyl (C=O) groups excluding carboxylic acids is 3. The normalized spacial score (nSPS) is 11.9. The second-order valence-electron chi connectivity index (χ2n) is 11.9. The van der Waals surface area contributed by atoms with Crippen LogP contribution in [-0.4, -0.2) is 31.4 Å². The molecule has 2 aromatic rings. The smallest absolute Gasteiger partial charge is 0.316 e. The van der Waals surface area contributed by atoms with Crippen molar-refractivity contribution >= 4 is 23.8 Å². The zero-order chi connectivity index (χ0) is 31.7. The monoisotopic (exact) mass is 576 g/mol. The molecule has 7 nitrogen and oxygen atoms in total. The fourth-order valence-electron chi connectivity index (χ4n) is 3.70. The topological polar surface area (TPSA) is 88.1 Å². The highest BCUT2D eigenvalue weighted by Crippen LogP contribution is 2.40. The number of rotatable bonds is 13. The molecule has 0 aliphatic carbocycles. The van der Waals surface area contributed by atoms with Gasteiger partial charge in [-0.2, -0.15) is 0 Å². The molecule has 7 heteroatoms. The van der Waals surface area contributed by atoms with E-state index in [4.69, 9.17) is 18.9 Å². The van der Waals surface area contributed by atoms with Gasteiger partial charge in [-0.15, -0.1) is 13.2 Å². The Labute approximate surface area is 250 Å². The van der Waals surface area contributed by atoms with Gasteiger partial charge >= 0.3 is 11.9 Å². The summed E-state index contributed by atoms with van der Waals surface area (Å²) >= 11 is 0. The first-order chi connectivity index (χ1) is 19.7. The molecular formula is C35H44O7. The molecule has 0 bridgehead atoms. The molecule has 0 radical (unpaired) electrons. The largest absolute Gasteiger partial charge is 0.493 e. The van der Waals surface area contributed by atoms with E-state index in [2.05, 4.69) is 13.2 Å². The Morgan fingerprint density at radius 1 is 0.810 bits per heavy atom. The minimum atomic E-state index is -0.783. The predicted molar refractivity (Wildman–Crippen MR) is 166 cm³/mol. The maximum Gasteiger partial charge on any atom is 0.316 e. The van der Waals surface area contributed by atoms with E-state index in [1.54, 1.807) is 84.0 Å². The van der Waals surface area contributed by atoms with E-state index in [1.807, 2.05) is 13.0 Å². The lowest BCUT2D eigenvalue weighted by Gasteiger charge is -2.23. The number of Topliss-reactive ketones (excluding diaryl/α,β-unsaturated/α-hetero) is 1. The molecule has 2 aromatic carbocycles. The van der Waals surface area contributed by atoms with E-state index in [0.717, 1.165) is 12.0 Å². The molecule has 42 heavy (non-hydrogen) atoms. The number of methoxy groups -OCH3 is 1. The SMILES string of the molecule is C=CCc1cc(CC=C)c(OC(=O)C(C)(C)C)c(C=C(OC)C(=O)c2ccc(OC(=O)C(C)(C)C)cc2)c1OCCC. The molecule has 0 saturated heterocycles. The summed E-state index contributed by atoms with van der Waals surface area (Å²) in [6.07, 6.45) is 6.67. The number of carbonyl (C=O) groups is 3. The van der Waals surface area contributed by atoms with Crippen LogP contribution >= 0.6 is 0 Å². The Balaban J connectivity index is 2.73. The maximum absolute atomic E-state index is 13.6. The third-order valence-corrected chi connectivity index (χ3v) is 6.07. The Hall–Kier alpha value is -4.13. The number of ether oxygens (including phenoxy) is 4. The predicted octanol–water partition coefficient (Wildman–Crippen LogP) is 7.71. The van der Waals surface area contributed by atoms with Crippen LogP contribution in [0.4, 0.5) is 0 Å². The van der Waals surface area contributed by atoms with Crippen LogP contribution in [0.25, 0.3) is 6.08 Å². The van der Waals surface area contributed by atoms with E-state index >= 15 is 0 Å². The number of hydrogen-bond donors (Lipinski definition) is 0. The molecular weight excluding hydrogens is 532 g/mol. The van der Waals surface area contributed by atoms with Gasteiger partial charge in [-0.05, 0) is 108 Å². The number of allylic oxidation sites excluding steroid dienone is 3. The molecule has 226 valence electrons. The zero-order valence-corrected chi connectivity index (χ0v) is 26.2. The first kappa shape index (κ1) is 34.1. The van der Waals surface area contributed by atoms with Gasteiger partial charge in [-0.25, -0.2) is 0 Å². The quantitative estimate of drug-likeness (QED) is 0.0603. The molecule has 0 unspecified atom stereocenters. The number of benzene rings is 2. The van der Waals surface area contributed by atoms with Gasteiger partial charge in [0.25, 0.3) is 0 Å². The average molecular weight is 577 g/mol. The zero-order valence-electron chi connectivity index (χ0n) is 26.2. The second kappa shape index (κ2) is 14.7. The van der Waals surface area contributed by atoms with Crippen molar-refractivity contribution in [2.75, 3.05) is 13.7 Å². The first-order valence-electron chi connectivity index (χ1n) is 14.1. The lowest BCUT2D eigenvalue weighted by atomic mass is 9.95. The van der Waals surface area contributed by atoms with Crippen molar-refractivity contribution < 1.29 is 33.3 Å². The van der Waals surface area contributed by atoms with Gasteiger partial charge in [-0.1, -0.05) is 19.1 Å². The molecule has 0 aliphatic heterocycles. The van der Waals surface area contributed by atoms with Crippen molar-refractivity contribution in [1.82, 2.24) is 0 Å². The number of ketones is 1. The molecule has 0 saturated carbocycles. The van der Waals surface area contributed by atoms with Crippen molar-refractivity contribution in [3.8, 4) is 17.2 Å². The summed E-state index contributed by atoms with van der Waals surface area (Å²) in [5.41, 5.74) is 0.813. The Bertz CT molecular complexity index is 1330. The van der Waals surface area contributed by atoms with Crippen LogP contribution < -0.4 is 14.2 Å². The minimum Gasteiger partial charge on any atom is -0.493 e. The minimum absolute atomic E-state index is 0.00384. The maximum atomic E-state index is 13.6. The van der Waals surface area contributed by atoms with Gasteiger partial charge in [0, 0.05) is 5.56 Å². The summed E-state index contributed by atoms with van der Waals surface area (Å²) in [4.78, 5) is 39.0. The third-order valence-electron chi connectivity index (χ3n) is 6.07. The average Bonchev–Trinajstić information content (AvgIpc) is 2.92. The molecule has 0 atom stereocenters. The van der Waals surface area contributed by atoms with Crippen LogP contribution in [0, 0.1) is 10.8 Å². The Kier molecular flexibility index (Phi) is 11.9. The van der Waals surface area contributed by atoms with E-state index in [0.29, 0.717) is 47.6 Å². The highest BCUT2D eigenvalue weighted by atomic mass is 16.5. The van der Waals surface area contributed by atoms with Crippen LogP contribution in [0.1, 0.15) is 81.9 Å². The number of hydrogen-bond acceptors (Lipinski definition) is 7. The molecule has 0 spiro atoms. The third kappa shape index (κ3) is 8.93. The molecule has 0 aliphatic rings. The summed E-state index contributed by atoms with van der Waals surface area (Å²) in [7, 11) is 1.40. The molecule has 2 rings (SSSR count). The van der Waals surface area contributed by atoms with E-state index < -0.39 is 22.6 Å². The van der Waals surface area contributed by atoms with E-state index in [1.165, 1.54) is 7.11 Å². The van der Waals surface area contributed by atoms with Crippen molar-refractivity contribution in [3.63, 3.8) is 0 Å². The van der Waals surface area contributed by atoms with Crippen LogP contribution in [-0.2, 0) is 27.2 Å². The summed E-state index contributed by atoms with van der Waals surface area (Å²) in [6, 6.07) is 8.16. The van der Waals surface area contributed by atoms with Crippen molar-refractivity contribution in [1.29, 1.82) is 0 Å². The van der Waals surface area contributed by atoms with Gasteiger partial charge in [0.2, 0.25) is 5.78 Å². The van der Waals surface area contributed by atoms with Crippen LogP contribution in [0.5, 0.6) is 17.2 Å². The fourth-order valence-corrected chi connectivity index (χ4v) is 3.70. The van der Waals surface area contributed by atoms with Crippen molar-refractivity contribution in [2.45, 2.75) is 67.7 Å². The lowest BCUT2D eigenvalue weighted by molar-refractivity contribution is -0.143. The molecule has 0 amide bonds. The Morgan fingerprint density at radius 2 is 1.33 bits per heavy atom. The standard InChI is InChI=1S/C35H44O7/c1-11-14-24-21-25(15-12-2)31(42-33(38)35(7,8)9)27(30(24)40-20-13-3)22-28(39-10)29(36)23-16-18-26(19-17-23)41-32(37)34(4,5)6/h11-12,16-19,21-22H,1-2,13-15,20H2,3-10H3.